The molecule has 1 aliphatic rings. The molecule has 3 heterocycles. The van der Waals surface area contributed by atoms with E-state index in [0.717, 1.165) is 12.8 Å². The van der Waals surface area contributed by atoms with E-state index in [1.807, 2.05) is 32.9 Å². The maximum atomic E-state index is 12.4. The lowest BCUT2D eigenvalue weighted by molar-refractivity contribution is -0.114. The molecule has 0 aromatic carbocycles. The lowest BCUT2D eigenvalue weighted by atomic mass is 10.2. The summed E-state index contributed by atoms with van der Waals surface area (Å²) in [5.41, 5.74) is 0.131. The van der Waals surface area contributed by atoms with Crippen LogP contribution < -0.4 is 10.6 Å². The predicted molar refractivity (Wildman–Crippen MR) is 102 cm³/mol. The van der Waals surface area contributed by atoms with Crippen molar-refractivity contribution in [3.05, 3.63) is 18.3 Å². The van der Waals surface area contributed by atoms with E-state index in [1.165, 1.54) is 6.92 Å². The zero-order chi connectivity index (χ0) is 19.6. The van der Waals surface area contributed by atoms with Gasteiger partial charge in [0.25, 0.3) is 0 Å². The number of ether oxygens (including phenoxy) is 1. The van der Waals surface area contributed by atoms with Crippen LogP contribution in [0.15, 0.2) is 18.3 Å². The molecule has 1 fully saturated rings. The molecule has 2 aromatic heterocycles. The summed E-state index contributed by atoms with van der Waals surface area (Å²) in [5.74, 6) is 0.969. The molecule has 9 heteroatoms. The van der Waals surface area contributed by atoms with E-state index in [4.69, 9.17) is 4.74 Å². The van der Waals surface area contributed by atoms with E-state index in [2.05, 4.69) is 20.7 Å². The number of carbonyl (C=O) groups is 2. The smallest absolute Gasteiger partial charge is 0.410 e. The number of fused-ring (bicyclic) bond motifs is 1. The van der Waals surface area contributed by atoms with E-state index in [1.54, 1.807) is 15.6 Å². The van der Waals surface area contributed by atoms with Gasteiger partial charge < -0.3 is 20.3 Å². The van der Waals surface area contributed by atoms with Crippen LogP contribution in [0.4, 0.5) is 16.4 Å². The average molecular weight is 374 g/mol. The van der Waals surface area contributed by atoms with Gasteiger partial charge in [0.15, 0.2) is 11.5 Å². The molecule has 146 valence electrons. The van der Waals surface area contributed by atoms with Crippen molar-refractivity contribution in [2.24, 2.45) is 0 Å². The second-order valence-corrected chi connectivity index (χ2v) is 7.66. The fourth-order valence-corrected chi connectivity index (χ4v) is 3.06. The summed E-state index contributed by atoms with van der Waals surface area (Å²) in [6.45, 7) is 8.30. The standard InChI is InChI=1S/C18H26N6O3/c1-12(25)21-16-11-20-15-8-7-14(22-24(15)16)19-10-13-6-5-9-23(13)17(26)27-18(2,3)4/h7-8,11,13H,5-6,9-10H2,1-4H3,(H,19,22)(H,21,25). The van der Waals surface area contributed by atoms with Crippen molar-refractivity contribution in [2.45, 2.75) is 52.2 Å². The topological polar surface area (TPSA) is 101 Å². The fraction of sp³-hybridized carbons (Fsp3) is 0.556. The largest absolute Gasteiger partial charge is 0.444 e. The quantitative estimate of drug-likeness (QED) is 0.853. The molecule has 1 atom stereocenters. The number of imidazole rings is 1. The van der Waals surface area contributed by atoms with E-state index in [9.17, 15) is 9.59 Å². The molecule has 0 spiro atoms. The maximum absolute atomic E-state index is 12.4. The van der Waals surface area contributed by atoms with Crippen LogP contribution in [-0.4, -0.2) is 56.2 Å². The first-order valence-electron chi connectivity index (χ1n) is 9.09. The highest BCUT2D eigenvalue weighted by molar-refractivity contribution is 5.88. The highest BCUT2D eigenvalue weighted by Crippen LogP contribution is 2.21. The number of amides is 2. The molecule has 2 amide bonds. The van der Waals surface area contributed by atoms with Gasteiger partial charge in [0.2, 0.25) is 5.91 Å². The zero-order valence-electron chi connectivity index (χ0n) is 16.2. The SMILES string of the molecule is CC(=O)Nc1cnc2ccc(NCC3CCCN3C(=O)OC(C)(C)C)nn12. The Morgan fingerprint density at radius 2 is 2.11 bits per heavy atom. The summed E-state index contributed by atoms with van der Waals surface area (Å²) < 4.78 is 7.07. The van der Waals surface area contributed by atoms with E-state index < -0.39 is 5.60 Å². The number of rotatable bonds is 4. The van der Waals surface area contributed by atoms with Gasteiger partial charge in [0.05, 0.1) is 12.2 Å². The number of hydrogen-bond acceptors (Lipinski definition) is 6. The number of nitrogens with one attached hydrogen (secondary N) is 2. The van der Waals surface area contributed by atoms with E-state index >= 15 is 0 Å². The highest BCUT2D eigenvalue weighted by Gasteiger charge is 2.32. The minimum Gasteiger partial charge on any atom is -0.444 e. The van der Waals surface area contributed by atoms with Crippen molar-refractivity contribution in [1.29, 1.82) is 0 Å². The van der Waals surface area contributed by atoms with E-state index in [0.29, 0.717) is 30.4 Å². The van der Waals surface area contributed by atoms with Crippen molar-refractivity contribution < 1.29 is 14.3 Å². The molecule has 9 nitrogen and oxygen atoms in total. The van der Waals surface area contributed by atoms with Gasteiger partial charge in [-0.2, -0.15) is 4.52 Å². The summed E-state index contributed by atoms with van der Waals surface area (Å²) in [5, 5.41) is 10.4. The van der Waals surface area contributed by atoms with Crippen molar-refractivity contribution in [1.82, 2.24) is 19.5 Å². The maximum Gasteiger partial charge on any atom is 0.410 e. The van der Waals surface area contributed by atoms with Crippen molar-refractivity contribution in [3.8, 4) is 0 Å². The molecule has 0 bridgehead atoms. The van der Waals surface area contributed by atoms with Crippen molar-refractivity contribution >= 4 is 29.3 Å². The Morgan fingerprint density at radius 1 is 1.33 bits per heavy atom. The van der Waals surface area contributed by atoms with Crippen molar-refractivity contribution in [3.63, 3.8) is 0 Å². The summed E-state index contributed by atoms with van der Waals surface area (Å²) in [6.07, 6.45) is 3.15. The number of likely N-dealkylation sites (tertiary alicyclic amines) is 1. The van der Waals surface area contributed by atoms with E-state index in [-0.39, 0.29) is 18.0 Å². The summed E-state index contributed by atoms with van der Waals surface area (Å²) >= 11 is 0. The normalized spacial score (nSPS) is 17.2. The van der Waals surface area contributed by atoms with Gasteiger partial charge in [-0.05, 0) is 45.7 Å². The van der Waals surface area contributed by atoms with Gasteiger partial charge >= 0.3 is 6.09 Å². The molecular formula is C18H26N6O3. The minimum atomic E-state index is -0.508. The Morgan fingerprint density at radius 3 is 2.81 bits per heavy atom. The zero-order valence-corrected chi connectivity index (χ0v) is 16.2. The molecule has 1 saturated heterocycles. The Kier molecular flexibility index (Phi) is 5.20. The van der Waals surface area contributed by atoms with Crippen LogP contribution in [0.3, 0.4) is 0 Å². The molecule has 0 aliphatic carbocycles. The number of nitrogens with zero attached hydrogens (tertiary/aromatic N) is 4. The van der Waals surface area contributed by atoms with Gasteiger partial charge in [0.1, 0.15) is 11.4 Å². The van der Waals surface area contributed by atoms with Crippen LogP contribution in [0.5, 0.6) is 0 Å². The lowest BCUT2D eigenvalue weighted by Gasteiger charge is -2.28. The predicted octanol–water partition coefficient (Wildman–Crippen LogP) is 2.50. The first kappa shape index (κ1) is 18.9. The van der Waals surface area contributed by atoms with Crippen LogP contribution in [0.25, 0.3) is 5.65 Å². The monoisotopic (exact) mass is 374 g/mol. The van der Waals surface area contributed by atoms with Crippen LogP contribution >= 0.6 is 0 Å². The lowest BCUT2D eigenvalue weighted by Crippen LogP contribution is -2.42. The summed E-state index contributed by atoms with van der Waals surface area (Å²) in [6, 6.07) is 3.70. The van der Waals surface area contributed by atoms with Crippen LogP contribution in [0.1, 0.15) is 40.5 Å². The average Bonchev–Trinajstić information content (AvgIpc) is 3.18. The van der Waals surface area contributed by atoms with Crippen molar-refractivity contribution in [2.75, 3.05) is 23.7 Å². The van der Waals surface area contributed by atoms with Gasteiger partial charge in [0, 0.05) is 20.0 Å². The molecule has 3 rings (SSSR count). The number of carbonyl (C=O) groups excluding carboxylic acids is 2. The number of hydrogen-bond donors (Lipinski definition) is 2. The third-order valence-electron chi connectivity index (χ3n) is 4.19. The minimum absolute atomic E-state index is 0.0509. The van der Waals surface area contributed by atoms with Gasteiger partial charge in [-0.1, -0.05) is 0 Å². The summed E-state index contributed by atoms with van der Waals surface area (Å²) in [4.78, 5) is 29.7. The van der Waals surface area contributed by atoms with Crippen LogP contribution in [0, 0.1) is 0 Å². The molecule has 0 saturated carbocycles. The van der Waals surface area contributed by atoms with Gasteiger partial charge in [-0.3, -0.25) is 4.79 Å². The Balaban J connectivity index is 1.67. The van der Waals surface area contributed by atoms with Gasteiger partial charge in [-0.15, -0.1) is 5.10 Å². The first-order valence-corrected chi connectivity index (χ1v) is 9.09. The third-order valence-corrected chi connectivity index (χ3v) is 4.19. The second-order valence-electron chi connectivity index (χ2n) is 7.66. The molecule has 2 N–H and O–H groups in total. The Bertz CT molecular complexity index is 841. The molecule has 0 radical (unpaired) electrons. The van der Waals surface area contributed by atoms with Gasteiger partial charge in [-0.25, -0.2) is 9.78 Å². The molecule has 1 unspecified atom stereocenters. The second kappa shape index (κ2) is 7.42. The molecule has 1 aliphatic heterocycles. The molecule has 2 aromatic rings. The number of aromatic nitrogens is 3. The highest BCUT2D eigenvalue weighted by atomic mass is 16.6. The Hall–Kier alpha value is -2.84. The van der Waals surface area contributed by atoms with Crippen LogP contribution in [0.2, 0.25) is 0 Å². The molecule has 27 heavy (non-hydrogen) atoms. The Labute approximate surface area is 158 Å². The molecular weight excluding hydrogens is 348 g/mol. The van der Waals surface area contributed by atoms with Crippen LogP contribution in [-0.2, 0) is 9.53 Å². The number of anilines is 2. The fourth-order valence-electron chi connectivity index (χ4n) is 3.06. The third kappa shape index (κ3) is 4.66. The summed E-state index contributed by atoms with van der Waals surface area (Å²) in [7, 11) is 0. The first-order chi connectivity index (χ1) is 12.7.